The van der Waals surface area contributed by atoms with Crippen LogP contribution < -0.4 is 5.46 Å². The summed E-state index contributed by atoms with van der Waals surface area (Å²) in [4.78, 5) is 0. The molecule has 25 heavy (non-hydrogen) atoms. The Kier molecular flexibility index (Phi) is 4.24. The molecule has 2 aromatic carbocycles. The van der Waals surface area contributed by atoms with Crippen LogP contribution >= 0.6 is 0 Å². The van der Waals surface area contributed by atoms with E-state index in [9.17, 15) is 13.2 Å². The molecule has 2 nitrogen and oxygen atoms in total. The summed E-state index contributed by atoms with van der Waals surface area (Å²) in [6.45, 7) is 7.40. The molecule has 0 aromatic heterocycles. The van der Waals surface area contributed by atoms with Crippen LogP contribution in [0.5, 0.6) is 0 Å². The summed E-state index contributed by atoms with van der Waals surface area (Å²) in [6, 6.07) is 10.7. The quantitative estimate of drug-likeness (QED) is 0.772. The van der Waals surface area contributed by atoms with Gasteiger partial charge in [0.1, 0.15) is 5.82 Å². The molecule has 6 heteroatoms. The number of alkyl halides is 2. The van der Waals surface area contributed by atoms with Gasteiger partial charge in [0.2, 0.25) is 0 Å². The molecule has 2 aromatic rings. The molecule has 1 fully saturated rings. The van der Waals surface area contributed by atoms with Crippen LogP contribution in [0.3, 0.4) is 0 Å². The van der Waals surface area contributed by atoms with Gasteiger partial charge in [-0.15, -0.1) is 0 Å². The second kappa shape index (κ2) is 5.89. The van der Waals surface area contributed by atoms with E-state index in [0.717, 1.165) is 6.07 Å². The van der Waals surface area contributed by atoms with Crippen LogP contribution in [0.2, 0.25) is 0 Å². The average molecular weight is 348 g/mol. The highest BCUT2D eigenvalue weighted by Gasteiger charge is 2.52. The Morgan fingerprint density at radius 1 is 0.840 bits per heavy atom. The maximum absolute atomic E-state index is 14.6. The fourth-order valence-corrected chi connectivity index (χ4v) is 2.70. The van der Waals surface area contributed by atoms with Crippen molar-refractivity contribution in [3.8, 4) is 0 Å². The first-order chi connectivity index (χ1) is 11.5. The second-order valence-corrected chi connectivity index (χ2v) is 7.26. The van der Waals surface area contributed by atoms with Crippen molar-refractivity contribution in [3.05, 3.63) is 65.5 Å². The van der Waals surface area contributed by atoms with E-state index < -0.39 is 35.6 Å². The molecule has 0 amide bonds. The largest absolute Gasteiger partial charge is 0.497 e. The highest BCUT2D eigenvalue weighted by atomic mass is 19.3. The van der Waals surface area contributed by atoms with Gasteiger partial charge in [-0.2, -0.15) is 8.78 Å². The van der Waals surface area contributed by atoms with Gasteiger partial charge in [0.15, 0.2) is 0 Å². The molecule has 0 radical (unpaired) electrons. The maximum atomic E-state index is 14.6. The van der Waals surface area contributed by atoms with Gasteiger partial charge in [0, 0.05) is 16.6 Å². The van der Waals surface area contributed by atoms with Gasteiger partial charge in [-0.05, 0) is 33.8 Å². The third-order valence-electron chi connectivity index (χ3n) is 5.01. The summed E-state index contributed by atoms with van der Waals surface area (Å²) in [5, 5.41) is 0. The van der Waals surface area contributed by atoms with Crippen molar-refractivity contribution in [1.29, 1.82) is 0 Å². The van der Waals surface area contributed by atoms with Gasteiger partial charge < -0.3 is 9.31 Å². The Labute approximate surface area is 146 Å². The van der Waals surface area contributed by atoms with Crippen molar-refractivity contribution in [1.82, 2.24) is 0 Å². The molecule has 132 valence electrons. The third-order valence-corrected chi connectivity index (χ3v) is 5.01. The number of benzene rings is 2. The number of halogens is 3. The van der Waals surface area contributed by atoms with Crippen molar-refractivity contribution >= 4 is 12.6 Å². The zero-order valence-corrected chi connectivity index (χ0v) is 14.6. The fraction of sp³-hybridized carbons (Fsp3) is 0.368. The van der Waals surface area contributed by atoms with Crippen molar-refractivity contribution in [3.63, 3.8) is 0 Å². The van der Waals surface area contributed by atoms with Gasteiger partial charge in [-0.1, -0.05) is 42.5 Å². The summed E-state index contributed by atoms with van der Waals surface area (Å²) in [6.07, 6.45) is 0. The Morgan fingerprint density at radius 3 is 1.92 bits per heavy atom. The Bertz CT molecular complexity index is 759. The molecule has 1 aliphatic rings. The van der Waals surface area contributed by atoms with Crippen LogP contribution in [0, 0.1) is 5.82 Å². The van der Waals surface area contributed by atoms with E-state index in [0.29, 0.717) is 0 Å². The zero-order chi connectivity index (χ0) is 18.5. The lowest BCUT2D eigenvalue weighted by Crippen LogP contribution is -2.41. The van der Waals surface area contributed by atoms with E-state index in [2.05, 4.69) is 0 Å². The first kappa shape index (κ1) is 18.0. The lowest BCUT2D eigenvalue weighted by atomic mass is 9.78. The summed E-state index contributed by atoms with van der Waals surface area (Å²) >= 11 is 0. The SMILES string of the molecule is CC1(C)OB(c2ccc(C(F)(F)c3ccccc3)cc2F)OC1(C)C. The van der Waals surface area contributed by atoms with Crippen LogP contribution in [0.15, 0.2) is 48.5 Å². The molecular formula is C19H20BF3O2. The van der Waals surface area contributed by atoms with Crippen molar-refractivity contribution in [2.45, 2.75) is 44.8 Å². The molecule has 1 aliphatic heterocycles. The normalized spacial score (nSPS) is 19.2. The van der Waals surface area contributed by atoms with Gasteiger partial charge in [-0.3, -0.25) is 0 Å². The maximum Gasteiger partial charge on any atom is 0.497 e. The van der Waals surface area contributed by atoms with Crippen LogP contribution in [-0.2, 0) is 15.2 Å². The van der Waals surface area contributed by atoms with Crippen LogP contribution in [0.1, 0.15) is 38.8 Å². The topological polar surface area (TPSA) is 18.5 Å². The highest BCUT2D eigenvalue weighted by Crippen LogP contribution is 2.38. The van der Waals surface area contributed by atoms with E-state index in [1.807, 2.05) is 27.7 Å². The number of hydrogen-bond acceptors (Lipinski definition) is 2. The fourth-order valence-electron chi connectivity index (χ4n) is 2.70. The predicted molar refractivity (Wildman–Crippen MR) is 91.6 cm³/mol. The molecule has 0 N–H and O–H groups in total. The molecule has 0 saturated carbocycles. The molecule has 0 bridgehead atoms. The third kappa shape index (κ3) is 3.09. The van der Waals surface area contributed by atoms with Crippen molar-refractivity contribution in [2.24, 2.45) is 0 Å². The zero-order valence-electron chi connectivity index (χ0n) is 14.6. The van der Waals surface area contributed by atoms with Crippen molar-refractivity contribution < 1.29 is 22.5 Å². The van der Waals surface area contributed by atoms with Gasteiger partial charge in [0.25, 0.3) is 5.92 Å². The first-order valence-corrected chi connectivity index (χ1v) is 8.13. The Hall–Kier alpha value is -1.79. The molecule has 3 rings (SSSR count). The number of hydrogen-bond donors (Lipinski definition) is 0. The second-order valence-electron chi connectivity index (χ2n) is 7.26. The summed E-state index contributed by atoms with van der Waals surface area (Å²) in [7, 11) is -0.926. The average Bonchev–Trinajstić information content (AvgIpc) is 2.76. The molecular weight excluding hydrogens is 328 g/mol. The molecule has 1 saturated heterocycles. The van der Waals surface area contributed by atoms with Gasteiger partial charge >= 0.3 is 7.12 Å². The summed E-state index contributed by atoms with van der Waals surface area (Å²) in [5.74, 6) is -4.05. The summed E-state index contributed by atoms with van der Waals surface area (Å²) < 4.78 is 55.3. The van der Waals surface area contributed by atoms with E-state index in [1.54, 1.807) is 6.07 Å². The van der Waals surface area contributed by atoms with Crippen molar-refractivity contribution in [2.75, 3.05) is 0 Å². The molecule has 0 atom stereocenters. The molecule has 0 unspecified atom stereocenters. The molecule has 1 heterocycles. The minimum absolute atomic E-state index is 0.117. The van der Waals surface area contributed by atoms with Gasteiger partial charge in [-0.25, -0.2) is 4.39 Å². The Balaban J connectivity index is 1.93. The van der Waals surface area contributed by atoms with Gasteiger partial charge in [0.05, 0.1) is 11.2 Å². The standard InChI is InChI=1S/C19H20BF3O2/c1-17(2)18(3,4)25-20(24-17)15-11-10-14(12-16(15)21)19(22,23)13-8-6-5-7-9-13/h5-12H,1-4H3. The monoisotopic (exact) mass is 348 g/mol. The highest BCUT2D eigenvalue weighted by molar-refractivity contribution is 6.62. The number of rotatable bonds is 3. The predicted octanol–water partition coefficient (Wildman–Crippen LogP) is 4.27. The minimum atomic E-state index is -3.28. The van der Waals surface area contributed by atoms with E-state index >= 15 is 0 Å². The smallest absolute Gasteiger partial charge is 0.399 e. The Morgan fingerprint density at radius 2 is 1.40 bits per heavy atom. The van der Waals surface area contributed by atoms with E-state index in [-0.39, 0.29) is 11.0 Å². The van der Waals surface area contributed by atoms with E-state index in [4.69, 9.17) is 9.31 Å². The van der Waals surface area contributed by atoms with E-state index in [1.165, 1.54) is 36.4 Å². The summed E-state index contributed by atoms with van der Waals surface area (Å²) in [5.41, 5.74) is -1.73. The van der Waals surface area contributed by atoms with Crippen LogP contribution in [0.25, 0.3) is 0 Å². The molecule has 0 aliphatic carbocycles. The minimum Gasteiger partial charge on any atom is -0.399 e. The van der Waals surface area contributed by atoms with Crippen LogP contribution in [-0.4, -0.2) is 18.3 Å². The lowest BCUT2D eigenvalue weighted by Gasteiger charge is -2.32. The van der Waals surface area contributed by atoms with Crippen LogP contribution in [0.4, 0.5) is 13.2 Å². The first-order valence-electron chi connectivity index (χ1n) is 8.13. The lowest BCUT2D eigenvalue weighted by molar-refractivity contribution is 0.00578. The molecule has 0 spiro atoms.